The van der Waals surface area contributed by atoms with Crippen LogP contribution in [0.1, 0.15) is 23.6 Å². The molecule has 0 bridgehead atoms. The second-order valence-electron chi connectivity index (χ2n) is 6.87. The first-order chi connectivity index (χ1) is 13.7. The number of rotatable bonds is 6. The monoisotopic (exact) mass is 419 g/mol. The Hall–Kier alpha value is -2.74. The summed E-state index contributed by atoms with van der Waals surface area (Å²) in [4.78, 5) is 12.3. The molecule has 7 nitrogen and oxygen atoms in total. The highest BCUT2D eigenvalue weighted by molar-refractivity contribution is 7.92. The molecule has 0 aliphatic carbocycles. The molecule has 0 fully saturated rings. The molecule has 1 aliphatic rings. The Labute approximate surface area is 171 Å². The molecule has 2 aromatic rings. The number of aryl methyl sites for hydroxylation is 3. The Bertz CT molecular complexity index is 1010. The summed E-state index contributed by atoms with van der Waals surface area (Å²) in [5.74, 6) is 0.244. The van der Waals surface area contributed by atoms with Gasteiger partial charge in [0.15, 0.2) is 11.5 Å². The third-order valence-electron chi connectivity index (χ3n) is 4.56. The Morgan fingerprint density at radius 2 is 1.66 bits per heavy atom. The van der Waals surface area contributed by atoms with Crippen molar-refractivity contribution in [3.8, 4) is 11.5 Å². The van der Waals surface area contributed by atoms with Crippen LogP contribution >= 0.6 is 0 Å². The third kappa shape index (κ3) is 4.32. The number of ether oxygens (including phenoxy) is 3. The van der Waals surface area contributed by atoms with Crippen LogP contribution in [0.25, 0.3) is 0 Å². The second-order valence-corrected chi connectivity index (χ2v) is 8.73. The number of anilines is 1. The molecule has 0 spiro atoms. The van der Waals surface area contributed by atoms with Gasteiger partial charge in [-0.05, 0) is 51.0 Å². The predicted octanol–water partition coefficient (Wildman–Crippen LogP) is 3.14. The van der Waals surface area contributed by atoms with Crippen LogP contribution in [-0.4, -0.2) is 40.8 Å². The number of carbonyl (C=O) groups is 1. The summed E-state index contributed by atoms with van der Waals surface area (Å²) in [5.41, 5.74) is 3.00. The lowest BCUT2D eigenvalue weighted by Gasteiger charge is -2.28. The largest absolute Gasteiger partial charge is 0.486 e. The van der Waals surface area contributed by atoms with Crippen molar-refractivity contribution < 1.29 is 27.4 Å². The normalized spacial score (nSPS) is 13.1. The van der Waals surface area contributed by atoms with Crippen molar-refractivity contribution in [1.29, 1.82) is 0 Å². The van der Waals surface area contributed by atoms with Crippen LogP contribution < -0.4 is 13.8 Å². The average Bonchev–Trinajstić information content (AvgIpc) is 2.66. The predicted molar refractivity (Wildman–Crippen MR) is 109 cm³/mol. The van der Waals surface area contributed by atoms with Crippen LogP contribution in [0.4, 0.5) is 5.69 Å². The molecule has 156 valence electrons. The maximum atomic E-state index is 13.6. The highest BCUT2D eigenvalue weighted by Crippen LogP contribution is 2.36. The molecule has 29 heavy (non-hydrogen) atoms. The summed E-state index contributed by atoms with van der Waals surface area (Å²) in [7, 11) is -4.06. The second kappa shape index (κ2) is 8.32. The zero-order valence-electron chi connectivity index (χ0n) is 17.0. The molecule has 0 amide bonds. The van der Waals surface area contributed by atoms with E-state index in [1.165, 1.54) is 12.1 Å². The summed E-state index contributed by atoms with van der Waals surface area (Å²) < 4.78 is 44.3. The van der Waals surface area contributed by atoms with Crippen LogP contribution in [0, 0.1) is 20.8 Å². The van der Waals surface area contributed by atoms with Gasteiger partial charge in [-0.25, -0.2) is 8.42 Å². The number of nitrogens with zero attached hydrogens (tertiary/aromatic N) is 1. The van der Waals surface area contributed by atoms with Gasteiger partial charge in [-0.15, -0.1) is 0 Å². The zero-order valence-corrected chi connectivity index (χ0v) is 17.8. The number of fused-ring (bicyclic) bond motifs is 1. The van der Waals surface area contributed by atoms with E-state index < -0.39 is 22.5 Å². The summed E-state index contributed by atoms with van der Waals surface area (Å²) in [6, 6.07) is 8.24. The summed E-state index contributed by atoms with van der Waals surface area (Å²) in [6.07, 6.45) is 0. The van der Waals surface area contributed by atoms with Crippen LogP contribution in [0.5, 0.6) is 11.5 Å². The number of hydrogen-bond acceptors (Lipinski definition) is 6. The molecule has 1 heterocycles. The van der Waals surface area contributed by atoms with Crippen molar-refractivity contribution in [2.75, 3.05) is 30.7 Å². The van der Waals surface area contributed by atoms with E-state index in [4.69, 9.17) is 14.2 Å². The Morgan fingerprint density at radius 3 is 2.28 bits per heavy atom. The van der Waals surface area contributed by atoms with E-state index in [2.05, 4.69) is 0 Å². The molecule has 3 rings (SSSR count). The lowest BCUT2D eigenvalue weighted by atomic mass is 10.1. The molecule has 0 saturated carbocycles. The molecule has 0 N–H and O–H groups in total. The minimum Gasteiger partial charge on any atom is -0.486 e. The summed E-state index contributed by atoms with van der Waals surface area (Å²) >= 11 is 0. The minimum atomic E-state index is -4.06. The first-order valence-electron chi connectivity index (χ1n) is 9.40. The van der Waals surface area contributed by atoms with Gasteiger partial charge in [0.1, 0.15) is 19.8 Å². The van der Waals surface area contributed by atoms with Crippen molar-refractivity contribution in [2.24, 2.45) is 0 Å². The Balaban J connectivity index is 2.11. The van der Waals surface area contributed by atoms with E-state index in [-0.39, 0.29) is 11.5 Å². The molecular weight excluding hydrogens is 394 g/mol. The molecule has 0 aromatic heterocycles. The van der Waals surface area contributed by atoms with Gasteiger partial charge >= 0.3 is 5.97 Å². The smallest absolute Gasteiger partial charge is 0.326 e. The van der Waals surface area contributed by atoms with Crippen molar-refractivity contribution in [2.45, 2.75) is 32.6 Å². The molecule has 1 aliphatic heterocycles. The van der Waals surface area contributed by atoms with Crippen molar-refractivity contribution in [3.63, 3.8) is 0 Å². The van der Waals surface area contributed by atoms with Gasteiger partial charge in [0.05, 0.1) is 17.2 Å². The number of benzene rings is 2. The van der Waals surface area contributed by atoms with Gasteiger partial charge in [-0.3, -0.25) is 9.10 Å². The quantitative estimate of drug-likeness (QED) is 0.669. The average molecular weight is 419 g/mol. The highest BCUT2D eigenvalue weighted by Gasteiger charge is 2.31. The molecule has 2 aromatic carbocycles. The van der Waals surface area contributed by atoms with E-state index in [1.54, 1.807) is 13.0 Å². The van der Waals surface area contributed by atoms with Crippen molar-refractivity contribution in [1.82, 2.24) is 0 Å². The lowest BCUT2D eigenvalue weighted by Crippen LogP contribution is -2.37. The zero-order chi connectivity index (χ0) is 21.2. The van der Waals surface area contributed by atoms with E-state index in [9.17, 15) is 13.2 Å². The third-order valence-corrected chi connectivity index (χ3v) is 6.31. The van der Waals surface area contributed by atoms with Crippen LogP contribution in [0.15, 0.2) is 35.2 Å². The van der Waals surface area contributed by atoms with Gasteiger partial charge in [0, 0.05) is 6.07 Å². The minimum absolute atomic E-state index is 0.0189. The molecule has 0 atom stereocenters. The van der Waals surface area contributed by atoms with E-state index in [1.807, 2.05) is 32.9 Å². The van der Waals surface area contributed by atoms with Gasteiger partial charge in [-0.2, -0.15) is 0 Å². The molecule has 0 unspecified atom stereocenters. The first kappa shape index (κ1) is 21.0. The number of hydrogen-bond donors (Lipinski definition) is 0. The van der Waals surface area contributed by atoms with Gasteiger partial charge in [-0.1, -0.05) is 17.7 Å². The Morgan fingerprint density at radius 1 is 1.03 bits per heavy atom. The molecule has 0 saturated heterocycles. The summed E-state index contributed by atoms with van der Waals surface area (Å²) in [6.45, 7) is 7.78. The van der Waals surface area contributed by atoms with Crippen LogP contribution in [0.3, 0.4) is 0 Å². The fourth-order valence-electron chi connectivity index (χ4n) is 3.49. The SMILES string of the molecule is CCOC(=O)CN(c1c(C)cc(C)cc1C)S(=O)(=O)c1ccc2c(c1)OCCO2. The number of carbonyl (C=O) groups excluding carboxylic acids is 1. The molecule has 8 heteroatoms. The number of sulfonamides is 1. The first-order valence-corrected chi connectivity index (χ1v) is 10.8. The van der Waals surface area contributed by atoms with E-state index >= 15 is 0 Å². The lowest BCUT2D eigenvalue weighted by molar-refractivity contribution is -0.141. The highest BCUT2D eigenvalue weighted by atomic mass is 32.2. The van der Waals surface area contributed by atoms with Gasteiger partial charge in [0.2, 0.25) is 0 Å². The maximum Gasteiger partial charge on any atom is 0.326 e. The van der Waals surface area contributed by atoms with E-state index in [0.717, 1.165) is 21.0 Å². The Kier molecular flexibility index (Phi) is 6.02. The standard InChI is InChI=1S/C21H25NO6S/c1-5-26-20(23)13-22(21-15(3)10-14(2)11-16(21)4)29(24,25)17-6-7-18-19(12-17)28-9-8-27-18/h6-7,10-12H,5,8-9,13H2,1-4H3. The summed E-state index contributed by atoms with van der Waals surface area (Å²) in [5, 5.41) is 0. The number of esters is 1. The molecular formula is C21H25NO6S. The maximum absolute atomic E-state index is 13.6. The topological polar surface area (TPSA) is 82.1 Å². The van der Waals surface area contributed by atoms with Gasteiger partial charge in [0.25, 0.3) is 10.0 Å². The van der Waals surface area contributed by atoms with Crippen molar-refractivity contribution >= 4 is 21.7 Å². The van der Waals surface area contributed by atoms with E-state index in [0.29, 0.717) is 30.4 Å². The van der Waals surface area contributed by atoms with Crippen LogP contribution in [0.2, 0.25) is 0 Å². The fraction of sp³-hybridized carbons (Fsp3) is 0.381. The molecule has 0 radical (unpaired) electrons. The van der Waals surface area contributed by atoms with Crippen LogP contribution in [-0.2, 0) is 19.6 Å². The van der Waals surface area contributed by atoms with Crippen molar-refractivity contribution in [3.05, 3.63) is 47.0 Å². The van der Waals surface area contributed by atoms with Gasteiger partial charge < -0.3 is 14.2 Å². The fourth-order valence-corrected chi connectivity index (χ4v) is 5.04.